The number of amides is 1. The summed E-state index contributed by atoms with van der Waals surface area (Å²) in [5, 5.41) is 2.46. The summed E-state index contributed by atoms with van der Waals surface area (Å²) in [5.74, 6) is -0.716. The van der Waals surface area contributed by atoms with Gasteiger partial charge in [0.2, 0.25) is 5.78 Å². The number of carbonyl (C=O) groups is 2. The van der Waals surface area contributed by atoms with Crippen molar-refractivity contribution in [1.82, 2.24) is 5.32 Å². The molecule has 1 amide bonds. The molecule has 1 atom stereocenters. The lowest BCUT2D eigenvalue weighted by Crippen LogP contribution is -2.48. The number of Topliss-reactive ketones (excluding diaryl/α,β-unsaturated/α-hetero) is 1. The van der Waals surface area contributed by atoms with Gasteiger partial charge >= 0.3 is 6.09 Å². The van der Waals surface area contributed by atoms with Gasteiger partial charge in [-0.05, 0) is 26.3 Å². The van der Waals surface area contributed by atoms with E-state index in [-0.39, 0.29) is 6.42 Å². The number of halogens is 3. The van der Waals surface area contributed by atoms with Gasteiger partial charge in [-0.1, -0.05) is 65.1 Å². The van der Waals surface area contributed by atoms with E-state index in [4.69, 9.17) is 39.5 Å². The highest BCUT2D eigenvalue weighted by atomic mass is 35.6. The van der Waals surface area contributed by atoms with Crippen molar-refractivity contribution in [2.45, 2.75) is 42.6 Å². The van der Waals surface area contributed by atoms with Crippen LogP contribution in [0.25, 0.3) is 0 Å². The summed E-state index contributed by atoms with van der Waals surface area (Å²) in [6.07, 6.45) is -0.539. The lowest BCUT2D eigenvalue weighted by atomic mass is 10.0. The fourth-order valence-corrected chi connectivity index (χ4v) is 2.10. The first-order chi connectivity index (χ1) is 9.99. The zero-order valence-electron chi connectivity index (χ0n) is 12.5. The van der Waals surface area contributed by atoms with Crippen LogP contribution in [-0.4, -0.2) is 27.3 Å². The summed E-state index contributed by atoms with van der Waals surface area (Å²) in [6.45, 7) is 5.15. The maximum absolute atomic E-state index is 12.2. The quantitative estimate of drug-likeness (QED) is 0.818. The zero-order valence-corrected chi connectivity index (χ0v) is 14.8. The van der Waals surface area contributed by atoms with E-state index < -0.39 is 27.3 Å². The maximum Gasteiger partial charge on any atom is 0.408 e. The molecule has 0 aliphatic carbocycles. The minimum Gasteiger partial charge on any atom is -0.444 e. The van der Waals surface area contributed by atoms with Gasteiger partial charge in [0.25, 0.3) is 3.79 Å². The van der Waals surface area contributed by atoms with Crippen molar-refractivity contribution in [3.63, 3.8) is 0 Å². The van der Waals surface area contributed by atoms with Crippen molar-refractivity contribution in [2.24, 2.45) is 0 Å². The molecule has 1 aromatic rings. The number of rotatable bonds is 4. The average Bonchev–Trinajstić information content (AvgIpc) is 2.35. The van der Waals surface area contributed by atoms with Crippen molar-refractivity contribution in [2.75, 3.05) is 0 Å². The number of ether oxygens (including phenoxy) is 1. The standard InChI is InChI=1S/C15H18Cl3NO3/c1-14(2,3)22-13(21)19-11(12(20)15(16,17)18)9-10-7-5-4-6-8-10/h4-8,11H,9H2,1-3H3,(H,19,21). The highest BCUT2D eigenvalue weighted by Gasteiger charge is 2.38. The highest BCUT2D eigenvalue weighted by Crippen LogP contribution is 2.29. The molecule has 1 aromatic carbocycles. The molecule has 0 fully saturated rings. The van der Waals surface area contributed by atoms with Gasteiger partial charge in [0, 0.05) is 6.42 Å². The molecule has 22 heavy (non-hydrogen) atoms. The molecule has 1 rings (SSSR count). The molecule has 4 nitrogen and oxygen atoms in total. The van der Waals surface area contributed by atoms with E-state index in [2.05, 4.69) is 5.32 Å². The summed E-state index contributed by atoms with van der Waals surface area (Å²) in [5.41, 5.74) is 0.135. The molecule has 0 saturated carbocycles. The van der Waals surface area contributed by atoms with Crippen LogP contribution in [0.4, 0.5) is 4.79 Å². The Morgan fingerprint density at radius 2 is 1.68 bits per heavy atom. The van der Waals surface area contributed by atoms with E-state index in [1.807, 2.05) is 30.3 Å². The van der Waals surface area contributed by atoms with Crippen LogP contribution in [0.2, 0.25) is 0 Å². The van der Waals surface area contributed by atoms with E-state index in [1.54, 1.807) is 20.8 Å². The molecule has 0 aliphatic heterocycles. The summed E-state index contributed by atoms with van der Waals surface area (Å²) in [6, 6.07) is 8.12. The van der Waals surface area contributed by atoms with Gasteiger partial charge in [-0.2, -0.15) is 0 Å². The molecule has 1 N–H and O–H groups in total. The topological polar surface area (TPSA) is 55.4 Å². The van der Waals surface area contributed by atoms with E-state index >= 15 is 0 Å². The summed E-state index contributed by atoms with van der Waals surface area (Å²) in [7, 11) is 0. The Bertz CT molecular complexity index is 521. The van der Waals surface area contributed by atoms with Gasteiger partial charge in [0.05, 0.1) is 6.04 Å². The lowest BCUT2D eigenvalue weighted by Gasteiger charge is -2.24. The predicted octanol–water partition coefficient (Wildman–Crippen LogP) is 4.06. The van der Waals surface area contributed by atoms with Crippen molar-refractivity contribution < 1.29 is 14.3 Å². The maximum atomic E-state index is 12.2. The predicted molar refractivity (Wildman–Crippen MR) is 88.6 cm³/mol. The Kier molecular flexibility index (Phi) is 6.53. The van der Waals surface area contributed by atoms with Crippen LogP contribution in [0.3, 0.4) is 0 Å². The summed E-state index contributed by atoms with van der Waals surface area (Å²) < 4.78 is 3.02. The van der Waals surface area contributed by atoms with Crippen molar-refractivity contribution in [1.29, 1.82) is 0 Å². The number of alkyl halides is 3. The van der Waals surface area contributed by atoms with Gasteiger partial charge in [0.15, 0.2) is 0 Å². The minimum absolute atomic E-state index is 0.201. The van der Waals surface area contributed by atoms with E-state index in [9.17, 15) is 9.59 Å². The van der Waals surface area contributed by atoms with Crippen molar-refractivity contribution in [3.05, 3.63) is 35.9 Å². The minimum atomic E-state index is -2.12. The second-order valence-electron chi connectivity index (χ2n) is 5.75. The third-order valence-corrected chi connectivity index (χ3v) is 3.13. The largest absolute Gasteiger partial charge is 0.444 e. The summed E-state index contributed by atoms with van der Waals surface area (Å²) >= 11 is 17.0. The number of nitrogens with one attached hydrogen (secondary N) is 1. The lowest BCUT2D eigenvalue weighted by molar-refractivity contribution is -0.120. The van der Waals surface area contributed by atoms with Gasteiger partial charge in [-0.3, -0.25) is 4.79 Å². The molecular weight excluding hydrogens is 349 g/mol. The molecule has 1 unspecified atom stereocenters. The Morgan fingerprint density at radius 1 is 1.14 bits per heavy atom. The average molecular weight is 367 g/mol. The molecule has 7 heteroatoms. The molecule has 0 bridgehead atoms. The van der Waals surface area contributed by atoms with E-state index in [1.165, 1.54) is 0 Å². The first-order valence-electron chi connectivity index (χ1n) is 6.63. The number of hydrogen-bond acceptors (Lipinski definition) is 3. The first kappa shape index (κ1) is 19.1. The Morgan fingerprint density at radius 3 is 2.14 bits per heavy atom. The SMILES string of the molecule is CC(C)(C)OC(=O)NC(Cc1ccccc1)C(=O)C(Cl)(Cl)Cl. The highest BCUT2D eigenvalue weighted by molar-refractivity contribution is 6.76. The first-order valence-corrected chi connectivity index (χ1v) is 7.77. The second-order valence-corrected chi connectivity index (χ2v) is 8.03. The van der Waals surface area contributed by atoms with Gasteiger partial charge in [-0.15, -0.1) is 0 Å². The smallest absolute Gasteiger partial charge is 0.408 e. The van der Waals surface area contributed by atoms with Crippen LogP contribution in [-0.2, 0) is 16.0 Å². The normalized spacial score (nSPS) is 13.4. The van der Waals surface area contributed by atoms with Crippen LogP contribution in [0, 0.1) is 0 Å². The van der Waals surface area contributed by atoms with Crippen LogP contribution < -0.4 is 5.32 Å². The van der Waals surface area contributed by atoms with Gasteiger partial charge in [0.1, 0.15) is 5.60 Å². The number of ketones is 1. The monoisotopic (exact) mass is 365 g/mol. The molecule has 0 aromatic heterocycles. The number of hydrogen-bond donors (Lipinski definition) is 1. The molecule has 122 valence electrons. The molecule has 0 saturated heterocycles. The van der Waals surface area contributed by atoms with Crippen LogP contribution in [0.1, 0.15) is 26.3 Å². The fourth-order valence-electron chi connectivity index (χ4n) is 1.71. The molecule has 0 aliphatic rings. The summed E-state index contributed by atoms with van der Waals surface area (Å²) in [4.78, 5) is 24.1. The molecular formula is C15H18Cl3NO3. The Hall–Kier alpha value is -0.970. The van der Waals surface area contributed by atoms with E-state index in [0.29, 0.717) is 0 Å². The Balaban J connectivity index is 2.88. The number of benzene rings is 1. The molecule has 0 heterocycles. The van der Waals surface area contributed by atoms with E-state index in [0.717, 1.165) is 5.56 Å². The third-order valence-electron chi connectivity index (χ3n) is 2.57. The van der Waals surface area contributed by atoms with Crippen LogP contribution >= 0.6 is 34.8 Å². The zero-order chi connectivity index (χ0) is 17.0. The number of carbonyl (C=O) groups excluding carboxylic acids is 2. The molecule has 0 radical (unpaired) electrons. The van der Waals surface area contributed by atoms with Crippen LogP contribution in [0.5, 0.6) is 0 Å². The number of alkyl carbamates (subject to hydrolysis) is 1. The van der Waals surface area contributed by atoms with Gasteiger partial charge in [-0.25, -0.2) is 4.79 Å². The van der Waals surface area contributed by atoms with Gasteiger partial charge < -0.3 is 10.1 Å². The van der Waals surface area contributed by atoms with Crippen molar-refractivity contribution in [3.8, 4) is 0 Å². The van der Waals surface area contributed by atoms with Crippen LogP contribution in [0.15, 0.2) is 30.3 Å². The molecule has 0 spiro atoms. The Labute approximate surface area is 145 Å². The fraction of sp³-hybridized carbons (Fsp3) is 0.467. The third kappa shape index (κ3) is 6.86. The van der Waals surface area contributed by atoms with Crippen molar-refractivity contribution >= 4 is 46.7 Å². The second kappa shape index (κ2) is 7.53.